The van der Waals surface area contributed by atoms with E-state index >= 15 is 0 Å². The second kappa shape index (κ2) is 4.72. The summed E-state index contributed by atoms with van der Waals surface area (Å²) in [7, 11) is 0. The van der Waals surface area contributed by atoms with Crippen molar-refractivity contribution in [3.8, 4) is 0 Å². The van der Waals surface area contributed by atoms with Gasteiger partial charge in [0.25, 0.3) is 0 Å². The molecule has 2 aliphatic rings. The zero-order chi connectivity index (χ0) is 11.6. The van der Waals surface area contributed by atoms with Gasteiger partial charge in [-0.1, -0.05) is 19.8 Å². The number of carbonyl (C=O) groups is 1. The van der Waals surface area contributed by atoms with E-state index in [1.165, 1.54) is 12.8 Å². The molecule has 0 spiro atoms. The molecule has 1 saturated carbocycles. The molecule has 0 aromatic heterocycles. The van der Waals surface area contributed by atoms with Crippen molar-refractivity contribution in [2.75, 3.05) is 13.1 Å². The summed E-state index contributed by atoms with van der Waals surface area (Å²) in [6.45, 7) is 3.63. The van der Waals surface area contributed by atoms with Crippen LogP contribution in [-0.2, 0) is 4.79 Å². The Morgan fingerprint density at radius 3 is 2.69 bits per heavy atom. The predicted octanol–water partition coefficient (Wildman–Crippen LogP) is 0.971. The van der Waals surface area contributed by atoms with E-state index < -0.39 is 11.5 Å². The van der Waals surface area contributed by atoms with Crippen LogP contribution in [0.15, 0.2) is 0 Å². The number of piperidine rings is 1. The van der Waals surface area contributed by atoms with Gasteiger partial charge in [-0.2, -0.15) is 0 Å². The molecule has 0 amide bonds. The molecule has 1 aliphatic carbocycles. The molecule has 1 heterocycles. The highest BCUT2D eigenvalue weighted by atomic mass is 16.4. The second-order valence-electron chi connectivity index (χ2n) is 5.26. The lowest BCUT2D eigenvalue weighted by Gasteiger charge is -2.42. The van der Waals surface area contributed by atoms with E-state index in [1.54, 1.807) is 0 Å². The van der Waals surface area contributed by atoms with E-state index in [2.05, 4.69) is 10.6 Å². The lowest BCUT2D eigenvalue weighted by atomic mass is 9.78. The van der Waals surface area contributed by atoms with Crippen molar-refractivity contribution in [3.63, 3.8) is 0 Å². The van der Waals surface area contributed by atoms with Crippen LogP contribution in [0.2, 0.25) is 0 Å². The number of aliphatic carboxylic acids is 1. The Morgan fingerprint density at radius 2 is 2.12 bits per heavy atom. The summed E-state index contributed by atoms with van der Waals surface area (Å²) in [5.41, 5.74) is -0.694. The second-order valence-corrected chi connectivity index (χ2v) is 5.26. The molecule has 1 saturated heterocycles. The number of rotatable bonds is 3. The van der Waals surface area contributed by atoms with Gasteiger partial charge in [0.2, 0.25) is 0 Å². The third-order valence-corrected chi connectivity index (χ3v) is 4.19. The minimum absolute atomic E-state index is 0.152. The molecule has 0 aromatic carbocycles. The van der Waals surface area contributed by atoms with Gasteiger partial charge in [0, 0.05) is 12.6 Å². The van der Waals surface area contributed by atoms with Crippen molar-refractivity contribution in [1.82, 2.24) is 10.6 Å². The molecular formula is C12H22N2O2. The molecule has 2 rings (SSSR count). The van der Waals surface area contributed by atoms with Gasteiger partial charge in [0.05, 0.1) is 0 Å². The van der Waals surface area contributed by atoms with Crippen molar-refractivity contribution in [3.05, 3.63) is 0 Å². The van der Waals surface area contributed by atoms with Crippen LogP contribution in [0.1, 0.15) is 39.0 Å². The summed E-state index contributed by atoms with van der Waals surface area (Å²) in [6.07, 6.45) is 5.43. The molecule has 0 aromatic rings. The molecule has 3 N–H and O–H groups in total. The van der Waals surface area contributed by atoms with Gasteiger partial charge >= 0.3 is 5.97 Å². The van der Waals surface area contributed by atoms with E-state index in [9.17, 15) is 9.90 Å². The van der Waals surface area contributed by atoms with E-state index in [-0.39, 0.29) is 5.92 Å². The Bertz CT molecular complexity index is 264. The van der Waals surface area contributed by atoms with Gasteiger partial charge in [0.1, 0.15) is 5.54 Å². The maximum absolute atomic E-state index is 11.6. The normalized spacial score (nSPS) is 36.4. The quantitative estimate of drug-likeness (QED) is 0.671. The maximum Gasteiger partial charge on any atom is 0.324 e. The van der Waals surface area contributed by atoms with E-state index in [1.807, 2.05) is 6.92 Å². The van der Waals surface area contributed by atoms with Crippen LogP contribution in [0, 0.1) is 5.92 Å². The monoisotopic (exact) mass is 226 g/mol. The van der Waals surface area contributed by atoms with E-state index in [0.29, 0.717) is 12.5 Å². The molecule has 0 bridgehead atoms. The van der Waals surface area contributed by atoms with Gasteiger partial charge in [0.15, 0.2) is 0 Å². The zero-order valence-corrected chi connectivity index (χ0v) is 9.96. The van der Waals surface area contributed by atoms with Crippen LogP contribution in [0.4, 0.5) is 0 Å². The molecule has 1 aliphatic heterocycles. The first-order valence-corrected chi connectivity index (χ1v) is 6.37. The van der Waals surface area contributed by atoms with Gasteiger partial charge in [-0.3, -0.25) is 10.1 Å². The van der Waals surface area contributed by atoms with Crippen molar-refractivity contribution < 1.29 is 9.90 Å². The Balaban J connectivity index is 2.10. The topological polar surface area (TPSA) is 61.4 Å². The summed E-state index contributed by atoms with van der Waals surface area (Å²) in [6, 6.07) is 0.414. The third-order valence-electron chi connectivity index (χ3n) is 4.19. The molecule has 2 unspecified atom stereocenters. The zero-order valence-electron chi connectivity index (χ0n) is 9.96. The fraction of sp³-hybridized carbons (Fsp3) is 0.917. The van der Waals surface area contributed by atoms with Crippen LogP contribution in [0.25, 0.3) is 0 Å². The van der Waals surface area contributed by atoms with Gasteiger partial charge in [-0.25, -0.2) is 0 Å². The van der Waals surface area contributed by atoms with Gasteiger partial charge in [-0.05, 0) is 31.7 Å². The molecule has 92 valence electrons. The smallest absolute Gasteiger partial charge is 0.324 e. The van der Waals surface area contributed by atoms with Crippen molar-refractivity contribution in [2.24, 2.45) is 5.92 Å². The fourth-order valence-electron chi connectivity index (χ4n) is 3.05. The first-order valence-electron chi connectivity index (χ1n) is 6.37. The number of nitrogens with one attached hydrogen (secondary N) is 2. The van der Waals surface area contributed by atoms with Crippen molar-refractivity contribution >= 4 is 5.97 Å². The number of hydrogen-bond acceptors (Lipinski definition) is 3. The minimum Gasteiger partial charge on any atom is -0.480 e. The van der Waals surface area contributed by atoms with E-state index in [4.69, 9.17) is 0 Å². The lowest BCUT2D eigenvalue weighted by Crippen LogP contribution is -2.64. The molecule has 16 heavy (non-hydrogen) atoms. The van der Waals surface area contributed by atoms with Crippen LogP contribution in [-0.4, -0.2) is 35.7 Å². The van der Waals surface area contributed by atoms with Crippen LogP contribution >= 0.6 is 0 Å². The number of hydrogen-bond donors (Lipinski definition) is 3. The number of carboxylic acid groups (broad SMARTS) is 1. The Labute approximate surface area is 96.8 Å². The highest BCUT2D eigenvalue weighted by molar-refractivity contribution is 5.79. The third kappa shape index (κ3) is 2.09. The van der Waals surface area contributed by atoms with Gasteiger partial charge < -0.3 is 10.4 Å². The fourth-order valence-corrected chi connectivity index (χ4v) is 3.05. The highest BCUT2D eigenvalue weighted by Gasteiger charge is 2.46. The maximum atomic E-state index is 11.6. The first kappa shape index (κ1) is 11.9. The lowest BCUT2D eigenvalue weighted by molar-refractivity contribution is -0.149. The summed E-state index contributed by atoms with van der Waals surface area (Å²) in [5, 5.41) is 16.2. The van der Waals surface area contributed by atoms with Crippen LogP contribution in [0.3, 0.4) is 0 Å². The highest BCUT2D eigenvalue weighted by Crippen LogP contribution is 2.29. The minimum atomic E-state index is -0.694. The average molecular weight is 226 g/mol. The molecule has 4 heteroatoms. The molecule has 0 radical (unpaired) electrons. The molecule has 2 atom stereocenters. The van der Waals surface area contributed by atoms with Crippen molar-refractivity contribution in [1.29, 1.82) is 0 Å². The Hall–Kier alpha value is -0.610. The van der Waals surface area contributed by atoms with Gasteiger partial charge in [-0.15, -0.1) is 0 Å². The SMILES string of the molecule is CC1CNCCC1(NC1CCCC1)C(=O)O. The first-order chi connectivity index (χ1) is 7.65. The Morgan fingerprint density at radius 1 is 1.44 bits per heavy atom. The van der Waals surface area contributed by atoms with Crippen LogP contribution < -0.4 is 10.6 Å². The largest absolute Gasteiger partial charge is 0.480 e. The molecule has 4 nitrogen and oxygen atoms in total. The average Bonchev–Trinajstić information content (AvgIpc) is 2.74. The predicted molar refractivity (Wildman–Crippen MR) is 62.4 cm³/mol. The summed E-state index contributed by atoms with van der Waals surface area (Å²) < 4.78 is 0. The number of carboxylic acids is 1. The summed E-state index contributed by atoms with van der Waals surface area (Å²) in [4.78, 5) is 11.6. The molecular weight excluding hydrogens is 204 g/mol. The van der Waals surface area contributed by atoms with Crippen LogP contribution in [0.5, 0.6) is 0 Å². The van der Waals surface area contributed by atoms with Crippen molar-refractivity contribution in [2.45, 2.75) is 50.6 Å². The van der Waals surface area contributed by atoms with E-state index in [0.717, 1.165) is 25.9 Å². The summed E-state index contributed by atoms with van der Waals surface area (Å²) in [5.74, 6) is -0.521. The summed E-state index contributed by atoms with van der Waals surface area (Å²) >= 11 is 0. The Kier molecular flexibility index (Phi) is 3.50. The standard InChI is InChI=1S/C12H22N2O2/c1-9-8-13-7-6-12(9,11(15)16)14-10-4-2-3-5-10/h9-10,13-14H,2-8H2,1H3,(H,15,16). The molecule has 2 fully saturated rings.